The molecule has 2 heterocycles. The molecule has 6 heteroatoms. The highest BCUT2D eigenvalue weighted by atomic mass is 16.5. The van der Waals surface area contributed by atoms with E-state index in [1.165, 1.54) is 11.0 Å². The lowest BCUT2D eigenvalue weighted by atomic mass is 10.1. The largest absolute Gasteiger partial charge is 0.472 e. The topological polar surface area (TPSA) is 92.9 Å². The molecule has 14 heavy (non-hydrogen) atoms. The van der Waals surface area contributed by atoms with E-state index in [-0.39, 0.29) is 30.9 Å². The molecule has 0 aliphatic carbocycles. The quantitative estimate of drug-likeness (QED) is 0.517. The van der Waals surface area contributed by atoms with E-state index in [1.807, 2.05) is 0 Å². The van der Waals surface area contributed by atoms with Crippen molar-refractivity contribution in [1.29, 1.82) is 0 Å². The summed E-state index contributed by atoms with van der Waals surface area (Å²) in [5.74, 6) is -0.517. The first-order valence-corrected chi connectivity index (χ1v) is 4.23. The van der Waals surface area contributed by atoms with Gasteiger partial charge in [-0.15, -0.1) is 0 Å². The first kappa shape index (κ1) is 9.01. The van der Waals surface area contributed by atoms with Gasteiger partial charge in [0.15, 0.2) is 12.3 Å². The maximum absolute atomic E-state index is 11.1. The van der Waals surface area contributed by atoms with Crippen molar-refractivity contribution in [1.82, 2.24) is 4.90 Å². The van der Waals surface area contributed by atoms with Crippen LogP contribution in [0.4, 0.5) is 0 Å². The van der Waals surface area contributed by atoms with Crippen LogP contribution in [0, 0.1) is 0 Å². The van der Waals surface area contributed by atoms with Crippen molar-refractivity contribution in [2.45, 2.75) is 18.7 Å². The highest BCUT2D eigenvalue weighted by Gasteiger charge is 2.52. The Labute approximate surface area is 79.9 Å². The zero-order valence-electron chi connectivity index (χ0n) is 7.34. The summed E-state index contributed by atoms with van der Waals surface area (Å²) in [5.41, 5.74) is 5.13. The molecule has 0 radical (unpaired) electrons. The van der Waals surface area contributed by atoms with E-state index in [1.54, 1.807) is 0 Å². The molecule has 0 bridgehead atoms. The summed E-state index contributed by atoms with van der Waals surface area (Å²) in [6.45, 7) is -0.242. The second kappa shape index (κ2) is 2.98. The van der Waals surface area contributed by atoms with Gasteiger partial charge in [0.2, 0.25) is 11.8 Å². The zero-order valence-corrected chi connectivity index (χ0v) is 7.34. The number of aliphatic hydroxyl groups is 1. The maximum Gasteiger partial charge on any atom is 0.248 e. The van der Waals surface area contributed by atoms with Gasteiger partial charge < -0.3 is 15.6 Å². The van der Waals surface area contributed by atoms with Crippen molar-refractivity contribution < 1.29 is 19.4 Å². The molecule has 2 aliphatic heterocycles. The van der Waals surface area contributed by atoms with Gasteiger partial charge in [-0.05, 0) is 6.08 Å². The van der Waals surface area contributed by atoms with Crippen molar-refractivity contribution in [3.8, 4) is 0 Å². The highest BCUT2D eigenvalue weighted by molar-refractivity contribution is 5.93. The number of β-lactam (4-membered cyclic amide) rings is 1. The molecule has 2 amide bonds. The Hall–Kier alpha value is -1.56. The number of amides is 2. The van der Waals surface area contributed by atoms with Crippen LogP contribution in [0.15, 0.2) is 11.8 Å². The third-order valence-corrected chi connectivity index (χ3v) is 2.33. The van der Waals surface area contributed by atoms with E-state index < -0.39 is 11.9 Å². The van der Waals surface area contributed by atoms with E-state index >= 15 is 0 Å². The molecule has 2 unspecified atom stereocenters. The molecule has 2 rings (SSSR count). The summed E-state index contributed by atoms with van der Waals surface area (Å²) in [7, 11) is 0. The van der Waals surface area contributed by atoms with E-state index in [2.05, 4.69) is 0 Å². The van der Waals surface area contributed by atoms with Gasteiger partial charge in [-0.2, -0.15) is 0 Å². The van der Waals surface area contributed by atoms with E-state index in [0.717, 1.165) is 0 Å². The zero-order chi connectivity index (χ0) is 10.3. The number of nitrogens with zero attached hydrogens (tertiary/aromatic N) is 1. The first-order chi connectivity index (χ1) is 6.65. The van der Waals surface area contributed by atoms with Crippen molar-refractivity contribution in [3.63, 3.8) is 0 Å². The fourth-order valence-corrected chi connectivity index (χ4v) is 1.70. The molecule has 3 N–H and O–H groups in total. The number of rotatable bonds is 2. The molecule has 76 valence electrons. The molecular weight excluding hydrogens is 188 g/mol. The van der Waals surface area contributed by atoms with Crippen molar-refractivity contribution in [3.05, 3.63) is 11.8 Å². The SMILES string of the molecule is NC(=O)C1/C(=C\CO)OC2CC(=O)N21. The monoisotopic (exact) mass is 198 g/mol. The normalized spacial score (nSPS) is 32.5. The number of hydrogen-bond acceptors (Lipinski definition) is 4. The van der Waals surface area contributed by atoms with Gasteiger partial charge >= 0.3 is 0 Å². The van der Waals surface area contributed by atoms with Crippen LogP contribution in [-0.4, -0.2) is 40.7 Å². The minimum Gasteiger partial charge on any atom is -0.472 e. The van der Waals surface area contributed by atoms with Crippen LogP contribution in [0.3, 0.4) is 0 Å². The Morgan fingerprint density at radius 1 is 1.79 bits per heavy atom. The molecule has 2 aliphatic rings. The summed E-state index contributed by atoms with van der Waals surface area (Å²) in [4.78, 5) is 23.5. The number of aliphatic hydroxyl groups excluding tert-OH is 1. The summed E-state index contributed by atoms with van der Waals surface area (Å²) < 4.78 is 5.25. The molecule has 6 nitrogen and oxygen atoms in total. The van der Waals surface area contributed by atoms with Crippen LogP contribution in [0.5, 0.6) is 0 Å². The predicted molar refractivity (Wildman–Crippen MR) is 44.5 cm³/mol. The van der Waals surface area contributed by atoms with Crippen LogP contribution in [0.1, 0.15) is 6.42 Å². The van der Waals surface area contributed by atoms with Crippen LogP contribution < -0.4 is 5.73 Å². The Balaban J connectivity index is 2.26. The highest BCUT2D eigenvalue weighted by Crippen LogP contribution is 2.35. The predicted octanol–water partition coefficient (Wildman–Crippen LogP) is -1.69. The Morgan fingerprint density at radius 2 is 2.50 bits per heavy atom. The number of nitrogens with two attached hydrogens (primary N) is 1. The average molecular weight is 198 g/mol. The van der Waals surface area contributed by atoms with Crippen molar-refractivity contribution >= 4 is 11.8 Å². The standard InChI is InChI=1S/C8H10N2O4/c9-8(13)7-4(1-2-11)14-6-3-5(12)10(6)7/h1,6-7,11H,2-3H2,(H2,9,13)/b4-1+. The third kappa shape index (κ3) is 1.07. The summed E-state index contributed by atoms with van der Waals surface area (Å²) in [5, 5.41) is 8.67. The smallest absolute Gasteiger partial charge is 0.248 e. The molecule has 0 spiro atoms. The Bertz CT molecular complexity index is 325. The average Bonchev–Trinajstić information content (AvgIpc) is 2.39. The fourth-order valence-electron chi connectivity index (χ4n) is 1.70. The van der Waals surface area contributed by atoms with Gasteiger partial charge in [-0.25, -0.2) is 0 Å². The summed E-state index contributed by atoms with van der Waals surface area (Å²) >= 11 is 0. The van der Waals surface area contributed by atoms with Gasteiger partial charge in [0.1, 0.15) is 5.76 Å². The van der Waals surface area contributed by atoms with Gasteiger partial charge in [-0.1, -0.05) is 0 Å². The number of carbonyl (C=O) groups excluding carboxylic acids is 2. The molecule has 0 aromatic carbocycles. The number of primary amides is 1. The van der Waals surface area contributed by atoms with Crippen molar-refractivity contribution in [2.75, 3.05) is 6.61 Å². The fraction of sp³-hybridized carbons (Fsp3) is 0.500. The van der Waals surface area contributed by atoms with Gasteiger partial charge in [0.05, 0.1) is 13.0 Å². The number of carbonyl (C=O) groups is 2. The van der Waals surface area contributed by atoms with E-state index in [4.69, 9.17) is 15.6 Å². The minimum atomic E-state index is -0.839. The molecule has 0 saturated carbocycles. The lowest BCUT2D eigenvalue weighted by Gasteiger charge is -2.33. The van der Waals surface area contributed by atoms with E-state index in [9.17, 15) is 9.59 Å². The number of fused-ring (bicyclic) bond motifs is 1. The molecular formula is C8H10N2O4. The molecule has 0 aromatic rings. The molecule has 2 fully saturated rings. The number of ether oxygens (including phenoxy) is 1. The van der Waals surface area contributed by atoms with Gasteiger partial charge in [-0.3, -0.25) is 14.5 Å². The third-order valence-electron chi connectivity index (χ3n) is 2.33. The lowest BCUT2D eigenvalue weighted by Crippen LogP contribution is -2.56. The second-order valence-electron chi connectivity index (χ2n) is 3.17. The second-order valence-corrected chi connectivity index (χ2v) is 3.17. The summed E-state index contributed by atoms with van der Waals surface area (Å²) in [6.07, 6.45) is 1.24. The van der Waals surface area contributed by atoms with Crippen LogP contribution >= 0.6 is 0 Å². The minimum absolute atomic E-state index is 0.153. The first-order valence-electron chi connectivity index (χ1n) is 4.23. The Morgan fingerprint density at radius 3 is 3.00 bits per heavy atom. The van der Waals surface area contributed by atoms with Crippen LogP contribution in [0.2, 0.25) is 0 Å². The van der Waals surface area contributed by atoms with Gasteiger partial charge in [0.25, 0.3) is 0 Å². The van der Waals surface area contributed by atoms with E-state index in [0.29, 0.717) is 0 Å². The van der Waals surface area contributed by atoms with Crippen LogP contribution in [0.25, 0.3) is 0 Å². The molecule has 2 atom stereocenters. The van der Waals surface area contributed by atoms with Gasteiger partial charge in [0, 0.05) is 0 Å². The molecule has 0 aromatic heterocycles. The number of hydrogen-bond donors (Lipinski definition) is 2. The van der Waals surface area contributed by atoms with Crippen LogP contribution in [-0.2, 0) is 14.3 Å². The lowest BCUT2D eigenvalue weighted by molar-refractivity contribution is -0.158. The summed E-state index contributed by atoms with van der Waals surface area (Å²) in [6, 6.07) is -0.839. The van der Waals surface area contributed by atoms with Crippen molar-refractivity contribution in [2.24, 2.45) is 5.73 Å². The Kier molecular flexibility index (Phi) is 1.92. The molecule has 2 saturated heterocycles. The maximum atomic E-state index is 11.1.